The number of nitrogen functional groups attached to an aromatic ring is 1. The fourth-order valence-corrected chi connectivity index (χ4v) is 1.40. The maximum Gasteiger partial charge on any atom is 0.225 e. The van der Waals surface area contributed by atoms with Crippen molar-refractivity contribution in [3.8, 4) is 0 Å². The molecule has 0 aromatic carbocycles. The molecule has 82 valence electrons. The van der Waals surface area contributed by atoms with Gasteiger partial charge >= 0.3 is 0 Å². The molecular formula is C10H16N4O. The van der Waals surface area contributed by atoms with Crippen molar-refractivity contribution in [1.82, 2.24) is 9.97 Å². The van der Waals surface area contributed by atoms with Gasteiger partial charge in [0.1, 0.15) is 5.82 Å². The topological polar surface area (TPSA) is 94.9 Å². The van der Waals surface area contributed by atoms with Crippen LogP contribution in [0.4, 0.5) is 5.69 Å². The molecular weight excluding hydrogens is 192 g/mol. The lowest BCUT2D eigenvalue weighted by molar-refractivity contribution is -0.117. The summed E-state index contributed by atoms with van der Waals surface area (Å²) < 4.78 is 0. The zero-order chi connectivity index (χ0) is 11.4. The minimum absolute atomic E-state index is 0.0697. The summed E-state index contributed by atoms with van der Waals surface area (Å²) in [5.74, 6) is 0.0364. The van der Waals surface area contributed by atoms with E-state index in [0.717, 1.165) is 24.2 Å². The van der Waals surface area contributed by atoms with Crippen LogP contribution in [-0.2, 0) is 24.1 Å². The molecule has 4 N–H and O–H groups in total. The number of hydrogen-bond donors (Lipinski definition) is 2. The molecule has 1 aromatic heterocycles. The maximum atomic E-state index is 10.8. The Morgan fingerprint density at radius 3 is 2.00 bits per heavy atom. The summed E-state index contributed by atoms with van der Waals surface area (Å²) >= 11 is 0. The van der Waals surface area contributed by atoms with Crippen molar-refractivity contribution in [3.63, 3.8) is 0 Å². The largest absolute Gasteiger partial charge is 0.396 e. The molecule has 5 heteroatoms. The molecule has 0 saturated carbocycles. The van der Waals surface area contributed by atoms with E-state index < -0.39 is 5.91 Å². The van der Waals surface area contributed by atoms with E-state index in [0.29, 0.717) is 11.5 Å². The second kappa shape index (κ2) is 4.72. The average Bonchev–Trinajstić information content (AvgIpc) is 2.19. The van der Waals surface area contributed by atoms with Gasteiger partial charge in [0.25, 0.3) is 0 Å². The number of anilines is 1. The number of primary amides is 1. The molecule has 0 unspecified atom stereocenters. The number of hydrogen-bond acceptors (Lipinski definition) is 4. The number of aryl methyl sites for hydroxylation is 2. The van der Waals surface area contributed by atoms with Crippen LogP contribution in [0.5, 0.6) is 0 Å². The summed E-state index contributed by atoms with van der Waals surface area (Å²) in [5.41, 5.74) is 13.2. The summed E-state index contributed by atoms with van der Waals surface area (Å²) in [5, 5.41) is 0. The van der Waals surface area contributed by atoms with E-state index in [1.165, 1.54) is 0 Å². The molecule has 1 rings (SSSR count). The number of amides is 1. The quantitative estimate of drug-likeness (QED) is 0.739. The highest BCUT2D eigenvalue weighted by molar-refractivity contribution is 5.75. The molecule has 0 fully saturated rings. The fourth-order valence-electron chi connectivity index (χ4n) is 1.40. The van der Waals surface area contributed by atoms with Gasteiger partial charge in [-0.3, -0.25) is 4.79 Å². The van der Waals surface area contributed by atoms with Crippen molar-refractivity contribution in [2.75, 3.05) is 5.73 Å². The third kappa shape index (κ3) is 2.65. The predicted molar refractivity (Wildman–Crippen MR) is 58.1 cm³/mol. The molecule has 0 spiro atoms. The van der Waals surface area contributed by atoms with Gasteiger partial charge in [0, 0.05) is 0 Å². The third-order valence-electron chi connectivity index (χ3n) is 2.15. The number of carbonyl (C=O) groups is 1. The molecule has 5 nitrogen and oxygen atoms in total. The van der Waals surface area contributed by atoms with Crippen molar-refractivity contribution in [1.29, 1.82) is 0 Å². The van der Waals surface area contributed by atoms with E-state index >= 15 is 0 Å². The van der Waals surface area contributed by atoms with Crippen LogP contribution in [0, 0.1) is 0 Å². The third-order valence-corrected chi connectivity index (χ3v) is 2.15. The first kappa shape index (κ1) is 11.4. The Hall–Kier alpha value is -1.65. The molecule has 0 aliphatic rings. The molecule has 1 heterocycles. The van der Waals surface area contributed by atoms with Crippen LogP contribution in [0.25, 0.3) is 0 Å². The Balaban J connectivity index is 3.14. The Labute approximate surface area is 88.9 Å². The van der Waals surface area contributed by atoms with Crippen LogP contribution >= 0.6 is 0 Å². The summed E-state index contributed by atoms with van der Waals surface area (Å²) in [6.45, 7) is 3.93. The van der Waals surface area contributed by atoms with E-state index in [2.05, 4.69) is 9.97 Å². The second-order valence-corrected chi connectivity index (χ2v) is 3.30. The molecule has 1 amide bonds. The maximum absolute atomic E-state index is 10.8. The van der Waals surface area contributed by atoms with E-state index in [4.69, 9.17) is 11.5 Å². The zero-order valence-electron chi connectivity index (χ0n) is 9.08. The number of nitrogens with two attached hydrogens (primary N) is 2. The summed E-state index contributed by atoms with van der Waals surface area (Å²) in [7, 11) is 0. The van der Waals surface area contributed by atoms with E-state index in [-0.39, 0.29) is 6.42 Å². The Bertz CT molecular complexity index is 351. The summed E-state index contributed by atoms with van der Waals surface area (Å²) in [4.78, 5) is 19.2. The first-order valence-electron chi connectivity index (χ1n) is 5.00. The van der Waals surface area contributed by atoms with Crippen LogP contribution in [0.2, 0.25) is 0 Å². The minimum atomic E-state index is -0.427. The number of nitrogens with zero attached hydrogens (tertiary/aromatic N) is 2. The fraction of sp³-hybridized carbons (Fsp3) is 0.500. The van der Waals surface area contributed by atoms with Gasteiger partial charge in [0.05, 0.1) is 23.5 Å². The van der Waals surface area contributed by atoms with Gasteiger partial charge in [-0.15, -0.1) is 0 Å². The van der Waals surface area contributed by atoms with Crippen LogP contribution in [0.15, 0.2) is 0 Å². The standard InChI is InChI=1S/C10H16N4O/c1-3-6-10(12)7(4-2)14-9(13-6)5-8(11)15/h3-5,12H2,1-2H3,(H2,11,15). The van der Waals surface area contributed by atoms with Crippen LogP contribution in [-0.4, -0.2) is 15.9 Å². The Morgan fingerprint density at radius 1 is 1.20 bits per heavy atom. The average molecular weight is 208 g/mol. The first-order chi connectivity index (χ1) is 7.08. The molecule has 0 bridgehead atoms. The van der Waals surface area contributed by atoms with Crippen molar-refractivity contribution in [2.24, 2.45) is 5.73 Å². The summed E-state index contributed by atoms with van der Waals surface area (Å²) in [6.07, 6.45) is 1.53. The van der Waals surface area contributed by atoms with Gasteiger partial charge in [-0.25, -0.2) is 9.97 Å². The van der Waals surface area contributed by atoms with Gasteiger partial charge in [-0.2, -0.15) is 0 Å². The van der Waals surface area contributed by atoms with Gasteiger partial charge in [0.15, 0.2) is 0 Å². The summed E-state index contributed by atoms with van der Waals surface area (Å²) in [6, 6.07) is 0. The highest BCUT2D eigenvalue weighted by atomic mass is 16.1. The first-order valence-corrected chi connectivity index (χ1v) is 5.00. The smallest absolute Gasteiger partial charge is 0.225 e. The Morgan fingerprint density at radius 2 is 1.67 bits per heavy atom. The van der Waals surface area contributed by atoms with Crippen molar-refractivity contribution >= 4 is 11.6 Å². The van der Waals surface area contributed by atoms with E-state index in [9.17, 15) is 4.79 Å². The lowest BCUT2D eigenvalue weighted by Crippen LogP contribution is -2.18. The molecule has 0 aliphatic carbocycles. The molecule has 0 saturated heterocycles. The molecule has 15 heavy (non-hydrogen) atoms. The number of aromatic nitrogens is 2. The van der Waals surface area contributed by atoms with Crippen LogP contribution in [0.3, 0.4) is 0 Å². The van der Waals surface area contributed by atoms with Gasteiger partial charge in [-0.1, -0.05) is 13.8 Å². The van der Waals surface area contributed by atoms with Crippen LogP contribution in [0.1, 0.15) is 31.1 Å². The molecule has 0 atom stereocenters. The van der Waals surface area contributed by atoms with Gasteiger partial charge in [-0.05, 0) is 12.8 Å². The lowest BCUT2D eigenvalue weighted by Gasteiger charge is -2.09. The number of rotatable bonds is 4. The van der Waals surface area contributed by atoms with Crippen LogP contribution < -0.4 is 11.5 Å². The van der Waals surface area contributed by atoms with Crippen molar-refractivity contribution < 1.29 is 4.79 Å². The normalized spacial score (nSPS) is 10.3. The molecule has 0 aliphatic heterocycles. The highest BCUT2D eigenvalue weighted by Crippen LogP contribution is 2.15. The zero-order valence-corrected chi connectivity index (χ0v) is 9.08. The molecule has 1 aromatic rings. The van der Waals surface area contributed by atoms with E-state index in [1.54, 1.807) is 0 Å². The van der Waals surface area contributed by atoms with Crippen molar-refractivity contribution in [3.05, 3.63) is 17.2 Å². The van der Waals surface area contributed by atoms with Crippen molar-refractivity contribution in [2.45, 2.75) is 33.1 Å². The van der Waals surface area contributed by atoms with Gasteiger partial charge < -0.3 is 11.5 Å². The highest BCUT2D eigenvalue weighted by Gasteiger charge is 2.10. The number of carbonyl (C=O) groups excluding carboxylic acids is 1. The lowest BCUT2D eigenvalue weighted by atomic mass is 10.2. The SMILES string of the molecule is CCc1nc(CC(N)=O)nc(CC)c1N. The Kier molecular flexibility index (Phi) is 3.60. The minimum Gasteiger partial charge on any atom is -0.396 e. The second-order valence-electron chi connectivity index (χ2n) is 3.30. The monoisotopic (exact) mass is 208 g/mol. The predicted octanol–water partition coefficient (Wildman–Crippen LogP) is 0.211. The molecule has 0 radical (unpaired) electrons. The van der Waals surface area contributed by atoms with Gasteiger partial charge in [0.2, 0.25) is 5.91 Å². The van der Waals surface area contributed by atoms with E-state index in [1.807, 2.05) is 13.8 Å².